The predicted octanol–water partition coefficient (Wildman–Crippen LogP) is 3.58. The summed E-state index contributed by atoms with van der Waals surface area (Å²) in [5, 5.41) is 0. The molecule has 100 valence electrons. The van der Waals surface area contributed by atoms with Crippen LogP contribution in [-0.2, 0) is 0 Å². The van der Waals surface area contributed by atoms with Crippen LogP contribution >= 0.6 is 0 Å². The molecule has 0 aliphatic rings. The summed E-state index contributed by atoms with van der Waals surface area (Å²) in [5.74, 6) is 0.485. The fourth-order valence-electron chi connectivity index (χ4n) is 2.15. The Morgan fingerprint density at radius 3 is 2.63 bits per heavy atom. The Labute approximate surface area is 113 Å². The van der Waals surface area contributed by atoms with Gasteiger partial charge < -0.3 is 10.5 Å². The molecule has 2 nitrogen and oxygen atoms in total. The summed E-state index contributed by atoms with van der Waals surface area (Å²) in [5.41, 5.74) is 8.72. The van der Waals surface area contributed by atoms with Crippen LogP contribution in [-0.4, -0.2) is 6.61 Å². The van der Waals surface area contributed by atoms with Gasteiger partial charge >= 0.3 is 0 Å². The summed E-state index contributed by atoms with van der Waals surface area (Å²) in [7, 11) is 0. The first-order valence-corrected chi connectivity index (χ1v) is 6.36. The minimum atomic E-state index is -0.392. The van der Waals surface area contributed by atoms with Crippen LogP contribution in [0.15, 0.2) is 42.5 Å². The van der Waals surface area contributed by atoms with Gasteiger partial charge in [-0.2, -0.15) is 0 Å². The van der Waals surface area contributed by atoms with Gasteiger partial charge in [0.05, 0.1) is 12.6 Å². The normalized spacial score (nSPS) is 12.2. The van der Waals surface area contributed by atoms with Crippen LogP contribution in [0, 0.1) is 12.7 Å². The predicted molar refractivity (Wildman–Crippen MR) is 74.8 cm³/mol. The lowest BCUT2D eigenvalue weighted by atomic mass is 9.97. The van der Waals surface area contributed by atoms with Gasteiger partial charge in [0.2, 0.25) is 0 Å². The Morgan fingerprint density at radius 1 is 1.21 bits per heavy atom. The average Bonchev–Trinajstić information content (AvgIpc) is 2.38. The molecule has 0 aliphatic carbocycles. The molecule has 1 atom stereocenters. The zero-order valence-corrected chi connectivity index (χ0v) is 11.2. The number of hydrogen-bond donors (Lipinski definition) is 1. The lowest BCUT2D eigenvalue weighted by Gasteiger charge is -2.17. The summed E-state index contributed by atoms with van der Waals surface area (Å²) in [6.07, 6.45) is 0. The molecule has 0 aliphatic heterocycles. The molecule has 0 spiro atoms. The molecule has 2 rings (SSSR count). The van der Waals surface area contributed by atoms with Gasteiger partial charge in [-0.25, -0.2) is 4.39 Å². The second-order valence-electron chi connectivity index (χ2n) is 4.51. The lowest BCUT2D eigenvalue weighted by Crippen LogP contribution is -2.14. The summed E-state index contributed by atoms with van der Waals surface area (Å²) >= 11 is 0. The van der Waals surface area contributed by atoms with Gasteiger partial charge in [-0.05, 0) is 43.2 Å². The van der Waals surface area contributed by atoms with Crippen LogP contribution in [0.1, 0.15) is 29.7 Å². The number of nitrogens with two attached hydrogens (primary N) is 1. The van der Waals surface area contributed by atoms with Crippen molar-refractivity contribution in [2.75, 3.05) is 6.61 Å². The fraction of sp³-hybridized carbons (Fsp3) is 0.250. The molecule has 1 unspecified atom stereocenters. The highest BCUT2D eigenvalue weighted by molar-refractivity contribution is 5.42. The van der Waals surface area contributed by atoms with Crippen LogP contribution in [0.25, 0.3) is 0 Å². The van der Waals surface area contributed by atoms with E-state index in [0.717, 1.165) is 22.4 Å². The quantitative estimate of drug-likeness (QED) is 0.910. The van der Waals surface area contributed by atoms with E-state index in [4.69, 9.17) is 10.5 Å². The number of halogens is 1. The molecule has 3 heteroatoms. The third kappa shape index (κ3) is 3.12. The smallest absolute Gasteiger partial charge is 0.124 e. The van der Waals surface area contributed by atoms with Gasteiger partial charge in [-0.15, -0.1) is 0 Å². The molecule has 0 amide bonds. The van der Waals surface area contributed by atoms with Crippen molar-refractivity contribution in [2.24, 2.45) is 5.73 Å². The highest BCUT2D eigenvalue weighted by Crippen LogP contribution is 2.29. The molecular weight excluding hydrogens is 241 g/mol. The Kier molecular flexibility index (Phi) is 4.17. The maximum absolute atomic E-state index is 13.5. The first-order chi connectivity index (χ1) is 9.11. The Hall–Kier alpha value is -1.87. The first-order valence-electron chi connectivity index (χ1n) is 6.36. The summed E-state index contributed by atoms with van der Waals surface area (Å²) in [4.78, 5) is 0. The minimum absolute atomic E-state index is 0.264. The van der Waals surface area contributed by atoms with Crippen molar-refractivity contribution in [3.8, 4) is 5.75 Å². The molecule has 2 N–H and O–H groups in total. The fourth-order valence-corrected chi connectivity index (χ4v) is 2.15. The average molecular weight is 259 g/mol. The number of ether oxygens (including phenoxy) is 1. The highest BCUT2D eigenvalue weighted by atomic mass is 19.1. The second-order valence-corrected chi connectivity index (χ2v) is 4.51. The molecular formula is C16H18FNO. The molecule has 0 radical (unpaired) electrons. The molecule has 0 saturated heterocycles. The second kappa shape index (κ2) is 5.85. The van der Waals surface area contributed by atoms with Crippen LogP contribution < -0.4 is 10.5 Å². The van der Waals surface area contributed by atoms with Gasteiger partial charge in [-0.1, -0.05) is 24.3 Å². The van der Waals surface area contributed by atoms with E-state index in [1.54, 1.807) is 0 Å². The van der Waals surface area contributed by atoms with Gasteiger partial charge in [0, 0.05) is 5.56 Å². The van der Waals surface area contributed by atoms with Crippen LogP contribution in [0.5, 0.6) is 5.75 Å². The van der Waals surface area contributed by atoms with E-state index in [9.17, 15) is 4.39 Å². The van der Waals surface area contributed by atoms with Crippen molar-refractivity contribution >= 4 is 0 Å². The Morgan fingerprint density at radius 2 is 1.95 bits per heavy atom. The first kappa shape index (κ1) is 13.6. The van der Waals surface area contributed by atoms with E-state index in [1.165, 1.54) is 12.1 Å². The molecule has 0 saturated carbocycles. The molecule has 0 heterocycles. The van der Waals surface area contributed by atoms with Gasteiger partial charge in [0.25, 0.3) is 0 Å². The lowest BCUT2D eigenvalue weighted by molar-refractivity contribution is 0.335. The van der Waals surface area contributed by atoms with Crippen molar-refractivity contribution in [1.29, 1.82) is 0 Å². The third-order valence-corrected chi connectivity index (χ3v) is 2.98. The van der Waals surface area contributed by atoms with Crippen LogP contribution in [0.2, 0.25) is 0 Å². The maximum atomic E-state index is 13.5. The van der Waals surface area contributed by atoms with E-state index < -0.39 is 6.04 Å². The third-order valence-electron chi connectivity index (χ3n) is 2.98. The molecule has 0 aromatic heterocycles. The molecule has 0 fully saturated rings. The zero-order chi connectivity index (χ0) is 13.8. The molecule has 2 aromatic rings. The van der Waals surface area contributed by atoms with Gasteiger partial charge in [-0.3, -0.25) is 0 Å². The van der Waals surface area contributed by atoms with Gasteiger partial charge in [0.1, 0.15) is 11.6 Å². The molecule has 0 bridgehead atoms. The SMILES string of the molecule is CCOc1ccccc1C(N)c1cc(C)cc(F)c1. The number of rotatable bonds is 4. The topological polar surface area (TPSA) is 35.2 Å². The van der Waals surface area contributed by atoms with Crippen molar-refractivity contribution in [1.82, 2.24) is 0 Å². The standard InChI is InChI=1S/C16H18FNO/c1-3-19-15-7-5-4-6-14(15)16(18)12-8-11(2)9-13(17)10-12/h4-10,16H,3,18H2,1-2H3. The van der Waals surface area contributed by atoms with Crippen molar-refractivity contribution in [3.05, 3.63) is 65.0 Å². The highest BCUT2D eigenvalue weighted by Gasteiger charge is 2.14. The van der Waals surface area contributed by atoms with Gasteiger partial charge in [0.15, 0.2) is 0 Å². The monoisotopic (exact) mass is 259 g/mol. The Balaban J connectivity index is 2.40. The van der Waals surface area contributed by atoms with Crippen LogP contribution in [0.4, 0.5) is 4.39 Å². The van der Waals surface area contributed by atoms with E-state index >= 15 is 0 Å². The van der Waals surface area contributed by atoms with Crippen molar-refractivity contribution in [2.45, 2.75) is 19.9 Å². The summed E-state index contributed by atoms with van der Waals surface area (Å²) in [6, 6.07) is 12.1. The number of hydrogen-bond acceptors (Lipinski definition) is 2. The number of benzene rings is 2. The number of aryl methyl sites for hydroxylation is 1. The Bertz CT molecular complexity index is 548. The minimum Gasteiger partial charge on any atom is -0.494 e. The van der Waals surface area contributed by atoms with Crippen molar-refractivity contribution < 1.29 is 9.13 Å². The van der Waals surface area contributed by atoms with E-state index in [2.05, 4.69) is 0 Å². The molecule has 2 aromatic carbocycles. The van der Waals surface area contributed by atoms with E-state index in [0.29, 0.717) is 6.61 Å². The largest absolute Gasteiger partial charge is 0.494 e. The summed E-state index contributed by atoms with van der Waals surface area (Å²) in [6.45, 7) is 4.36. The number of para-hydroxylation sites is 1. The van der Waals surface area contributed by atoms with Crippen LogP contribution in [0.3, 0.4) is 0 Å². The van der Waals surface area contributed by atoms with E-state index in [-0.39, 0.29) is 5.82 Å². The molecule has 19 heavy (non-hydrogen) atoms. The maximum Gasteiger partial charge on any atom is 0.124 e. The van der Waals surface area contributed by atoms with Crippen molar-refractivity contribution in [3.63, 3.8) is 0 Å². The summed E-state index contributed by atoms with van der Waals surface area (Å²) < 4.78 is 19.0. The zero-order valence-electron chi connectivity index (χ0n) is 11.2. The van der Waals surface area contributed by atoms with E-state index in [1.807, 2.05) is 44.2 Å².